The fourth-order valence-corrected chi connectivity index (χ4v) is 4.53. The van der Waals surface area contributed by atoms with Crippen LogP contribution in [0.4, 0.5) is 0 Å². The first kappa shape index (κ1) is 19.3. The smallest absolute Gasteiger partial charge is 0.226 e. The monoisotopic (exact) mass is 358 g/mol. The minimum Gasteiger partial charge on any atom is -0.343 e. The van der Waals surface area contributed by atoms with Crippen molar-refractivity contribution in [3.63, 3.8) is 0 Å². The molecule has 0 radical (unpaired) electrons. The predicted molar refractivity (Wildman–Crippen MR) is 105 cm³/mol. The van der Waals surface area contributed by atoms with Crippen molar-refractivity contribution in [1.82, 2.24) is 19.7 Å². The van der Waals surface area contributed by atoms with Gasteiger partial charge in [0.15, 0.2) is 0 Å². The number of likely N-dealkylation sites (tertiary alicyclic amines) is 2. The largest absolute Gasteiger partial charge is 0.343 e. The first-order valence-electron chi connectivity index (χ1n) is 10.3. The zero-order chi connectivity index (χ0) is 18.4. The minimum atomic E-state index is 0.206. The molecule has 1 atom stereocenters. The van der Waals surface area contributed by atoms with Gasteiger partial charge >= 0.3 is 0 Å². The highest BCUT2D eigenvalue weighted by Crippen LogP contribution is 2.25. The molecule has 3 rings (SSSR count). The standard InChI is InChI=1S/C21H34N4O/c1-3-24(4-2)21(26)19-8-6-12-25(17-19)20-9-13-23(14-10-20)16-18-7-5-11-22-15-18/h5,7,11,15,19-20H,3-4,6,8-10,12-14,16-17H2,1-2H3. The van der Waals surface area contributed by atoms with Gasteiger partial charge < -0.3 is 4.90 Å². The lowest BCUT2D eigenvalue weighted by atomic mass is 9.92. The van der Waals surface area contributed by atoms with E-state index in [9.17, 15) is 4.79 Å². The lowest BCUT2D eigenvalue weighted by Crippen LogP contribution is -2.51. The van der Waals surface area contributed by atoms with Crippen LogP contribution in [0.15, 0.2) is 24.5 Å². The van der Waals surface area contributed by atoms with E-state index < -0.39 is 0 Å². The maximum absolute atomic E-state index is 12.7. The highest BCUT2D eigenvalue weighted by atomic mass is 16.2. The van der Waals surface area contributed by atoms with Gasteiger partial charge in [-0.05, 0) is 70.8 Å². The van der Waals surface area contributed by atoms with Crippen LogP contribution in [-0.4, -0.2) is 70.9 Å². The van der Waals surface area contributed by atoms with Gasteiger partial charge in [-0.15, -0.1) is 0 Å². The Bertz CT molecular complexity index is 552. The van der Waals surface area contributed by atoms with Crippen molar-refractivity contribution in [2.45, 2.75) is 52.1 Å². The normalized spacial score (nSPS) is 23.1. The second-order valence-corrected chi connectivity index (χ2v) is 7.71. The number of hydrogen-bond acceptors (Lipinski definition) is 4. The molecule has 5 nitrogen and oxygen atoms in total. The van der Waals surface area contributed by atoms with Gasteiger partial charge in [-0.3, -0.25) is 19.6 Å². The van der Waals surface area contributed by atoms with Crippen molar-refractivity contribution in [3.05, 3.63) is 30.1 Å². The quantitative estimate of drug-likeness (QED) is 0.784. The Labute approximate surface area is 158 Å². The van der Waals surface area contributed by atoms with Crippen molar-refractivity contribution < 1.29 is 4.79 Å². The molecule has 1 aromatic heterocycles. The fraction of sp³-hybridized carbons (Fsp3) is 0.714. The van der Waals surface area contributed by atoms with E-state index in [4.69, 9.17) is 0 Å². The Morgan fingerprint density at radius 3 is 2.62 bits per heavy atom. The van der Waals surface area contributed by atoms with Gasteiger partial charge in [0.25, 0.3) is 0 Å². The fourth-order valence-electron chi connectivity index (χ4n) is 4.53. The molecule has 2 aliphatic rings. The molecule has 2 saturated heterocycles. The molecule has 144 valence electrons. The lowest BCUT2D eigenvalue weighted by Gasteiger charge is -2.42. The topological polar surface area (TPSA) is 39.7 Å². The molecule has 1 aromatic rings. The molecule has 2 fully saturated rings. The Kier molecular flexibility index (Phi) is 7.03. The van der Waals surface area contributed by atoms with Crippen LogP contribution in [0, 0.1) is 5.92 Å². The number of carbonyl (C=O) groups is 1. The van der Waals surface area contributed by atoms with Crippen molar-refractivity contribution in [3.8, 4) is 0 Å². The average molecular weight is 359 g/mol. The summed E-state index contributed by atoms with van der Waals surface area (Å²) in [5.41, 5.74) is 1.30. The second kappa shape index (κ2) is 9.47. The highest BCUT2D eigenvalue weighted by molar-refractivity contribution is 5.79. The van der Waals surface area contributed by atoms with E-state index in [2.05, 4.69) is 34.7 Å². The van der Waals surface area contributed by atoms with Gasteiger partial charge in [-0.2, -0.15) is 0 Å². The molecule has 0 bridgehead atoms. The van der Waals surface area contributed by atoms with Crippen LogP contribution in [0.2, 0.25) is 0 Å². The zero-order valence-corrected chi connectivity index (χ0v) is 16.4. The van der Waals surface area contributed by atoms with Crippen LogP contribution >= 0.6 is 0 Å². The average Bonchev–Trinajstić information content (AvgIpc) is 2.70. The van der Waals surface area contributed by atoms with E-state index in [1.165, 1.54) is 18.4 Å². The highest BCUT2D eigenvalue weighted by Gasteiger charge is 2.32. The third-order valence-electron chi connectivity index (χ3n) is 6.08. The molecule has 0 spiro atoms. The third kappa shape index (κ3) is 4.83. The van der Waals surface area contributed by atoms with Crippen LogP contribution in [0.1, 0.15) is 45.1 Å². The SMILES string of the molecule is CCN(CC)C(=O)C1CCCN(C2CCN(Cc3cccnc3)CC2)C1. The van der Waals surface area contributed by atoms with E-state index in [0.717, 1.165) is 58.7 Å². The number of aromatic nitrogens is 1. The second-order valence-electron chi connectivity index (χ2n) is 7.71. The Hall–Kier alpha value is -1.46. The first-order chi connectivity index (χ1) is 12.7. The van der Waals surface area contributed by atoms with Gasteiger partial charge in [-0.25, -0.2) is 0 Å². The molecule has 2 aliphatic heterocycles. The summed E-state index contributed by atoms with van der Waals surface area (Å²) < 4.78 is 0. The van der Waals surface area contributed by atoms with Crippen LogP contribution in [0.5, 0.6) is 0 Å². The third-order valence-corrected chi connectivity index (χ3v) is 6.08. The maximum Gasteiger partial charge on any atom is 0.226 e. The summed E-state index contributed by atoms with van der Waals surface area (Å²) >= 11 is 0. The Morgan fingerprint density at radius 2 is 1.96 bits per heavy atom. The van der Waals surface area contributed by atoms with E-state index >= 15 is 0 Å². The van der Waals surface area contributed by atoms with Crippen LogP contribution < -0.4 is 0 Å². The summed E-state index contributed by atoms with van der Waals surface area (Å²) in [6, 6.07) is 4.82. The minimum absolute atomic E-state index is 0.206. The van der Waals surface area contributed by atoms with Crippen LogP contribution in [0.25, 0.3) is 0 Å². The van der Waals surface area contributed by atoms with E-state index in [1.807, 2.05) is 23.4 Å². The van der Waals surface area contributed by atoms with Crippen molar-refractivity contribution in [2.24, 2.45) is 5.92 Å². The van der Waals surface area contributed by atoms with Gasteiger partial charge in [0.2, 0.25) is 5.91 Å². The molecule has 1 amide bonds. The Morgan fingerprint density at radius 1 is 1.19 bits per heavy atom. The molecule has 3 heterocycles. The molecule has 0 N–H and O–H groups in total. The Balaban J connectivity index is 1.48. The number of nitrogens with zero attached hydrogens (tertiary/aromatic N) is 4. The number of pyridine rings is 1. The first-order valence-corrected chi connectivity index (χ1v) is 10.3. The number of piperidine rings is 2. The van der Waals surface area contributed by atoms with Crippen molar-refractivity contribution in [1.29, 1.82) is 0 Å². The van der Waals surface area contributed by atoms with Gasteiger partial charge in [0.05, 0.1) is 5.92 Å². The summed E-state index contributed by atoms with van der Waals surface area (Å²) in [5, 5.41) is 0. The molecule has 1 unspecified atom stereocenters. The molecule has 0 saturated carbocycles. The summed E-state index contributed by atoms with van der Waals surface area (Å²) in [6.07, 6.45) is 8.46. The van der Waals surface area contributed by atoms with Crippen molar-refractivity contribution >= 4 is 5.91 Å². The maximum atomic E-state index is 12.7. The van der Waals surface area contributed by atoms with E-state index in [-0.39, 0.29) is 5.92 Å². The van der Waals surface area contributed by atoms with Gasteiger partial charge in [0, 0.05) is 44.6 Å². The number of rotatable bonds is 6. The van der Waals surface area contributed by atoms with Gasteiger partial charge in [0.1, 0.15) is 0 Å². The van der Waals surface area contributed by atoms with E-state index in [0.29, 0.717) is 11.9 Å². The van der Waals surface area contributed by atoms with Gasteiger partial charge in [-0.1, -0.05) is 6.07 Å². The molecule has 0 aliphatic carbocycles. The zero-order valence-electron chi connectivity index (χ0n) is 16.4. The summed E-state index contributed by atoms with van der Waals surface area (Å²) in [6.45, 7) is 11.2. The molecular formula is C21H34N4O. The number of hydrogen-bond donors (Lipinski definition) is 0. The number of amides is 1. The van der Waals surface area contributed by atoms with Crippen molar-refractivity contribution in [2.75, 3.05) is 39.3 Å². The number of carbonyl (C=O) groups excluding carboxylic acids is 1. The molecule has 0 aromatic carbocycles. The summed E-state index contributed by atoms with van der Waals surface area (Å²) in [4.78, 5) is 24.1. The van der Waals surface area contributed by atoms with Crippen LogP contribution in [0.3, 0.4) is 0 Å². The molecular weight excluding hydrogens is 324 g/mol. The molecule has 26 heavy (non-hydrogen) atoms. The molecule has 5 heteroatoms. The summed E-state index contributed by atoms with van der Waals surface area (Å²) in [5.74, 6) is 0.575. The predicted octanol–water partition coefficient (Wildman–Crippen LogP) is 2.63. The summed E-state index contributed by atoms with van der Waals surface area (Å²) in [7, 11) is 0. The van der Waals surface area contributed by atoms with E-state index in [1.54, 1.807) is 0 Å². The lowest BCUT2D eigenvalue weighted by molar-refractivity contribution is -0.137. The van der Waals surface area contributed by atoms with Crippen LogP contribution in [-0.2, 0) is 11.3 Å².